The van der Waals surface area contributed by atoms with Crippen LogP contribution in [-0.2, 0) is 0 Å². The zero-order valence-corrected chi connectivity index (χ0v) is 10.6. The van der Waals surface area contributed by atoms with Crippen LogP contribution in [0, 0.1) is 0 Å². The van der Waals surface area contributed by atoms with Crippen molar-refractivity contribution in [1.82, 2.24) is 0 Å². The summed E-state index contributed by atoms with van der Waals surface area (Å²) in [6, 6.07) is 8.66. The van der Waals surface area contributed by atoms with Gasteiger partial charge in [0.25, 0.3) is 0 Å². The average molecular weight is 236 g/mol. The van der Waals surface area contributed by atoms with Gasteiger partial charge in [0, 0.05) is 22.7 Å². The predicted octanol–water partition coefficient (Wildman–Crippen LogP) is 3.35. The summed E-state index contributed by atoms with van der Waals surface area (Å²) < 4.78 is 0. The van der Waals surface area contributed by atoms with Crippen LogP contribution in [0.2, 0.25) is 0 Å². The average Bonchev–Trinajstić information content (AvgIpc) is 2.30. The highest BCUT2D eigenvalue weighted by atomic mass is 32.2. The maximum Gasteiger partial charge on any atom is 0.0379 e. The Morgan fingerprint density at radius 3 is 2.88 bits per heavy atom. The molecule has 16 heavy (non-hydrogen) atoms. The van der Waals surface area contributed by atoms with Crippen LogP contribution in [0.3, 0.4) is 0 Å². The van der Waals surface area contributed by atoms with E-state index in [2.05, 4.69) is 17.6 Å². The molecular weight excluding hydrogens is 216 g/mol. The first-order chi connectivity index (χ1) is 7.79. The second-order valence-electron chi connectivity index (χ2n) is 4.43. The summed E-state index contributed by atoms with van der Waals surface area (Å²) in [5.74, 6) is 0. The maximum absolute atomic E-state index is 5.79. The SMILES string of the molecule is CSC1CCCCC1Nc1cccc(N)c1. The molecule has 1 aliphatic carbocycles. The molecule has 0 aliphatic heterocycles. The monoisotopic (exact) mass is 236 g/mol. The van der Waals surface area contributed by atoms with Crippen molar-refractivity contribution in [3.05, 3.63) is 24.3 Å². The Morgan fingerprint density at radius 2 is 2.12 bits per heavy atom. The lowest BCUT2D eigenvalue weighted by Gasteiger charge is -2.31. The molecule has 3 N–H and O–H groups in total. The molecule has 1 saturated carbocycles. The molecule has 1 aromatic carbocycles. The van der Waals surface area contributed by atoms with Crippen molar-refractivity contribution >= 4 is 23.1 Å². The molecule has 0 aromatic heterocycles. The number of thioether (sulfide) groups is 1. The van der Waals surface area contributed by atoms with Crippen LogP contribution in [-0.4, -0.2) is 17.5 Å². The van der Waals surface area contributed by atoms with Crippen LogP contribution >= 0.6 is 11.8 Å². The summed E-state index contributed by atoms with van der Waals surface area (Å²) in [7, 11) is 0. The van der Waals surface area contributed by atoms with E-state index in [9.17, 15) is 0 Å². The molecule has 2 rings (SSSR count). The zero-order chi connectivity index (χ0) is 11.4. The van der Waals surface area contributed by atoms with Crippen molar-refractivity contribution in [3.8, 4) is 0 Å². The van der Waals surface area contributed by atoms with Gasteiger partial charge in [-0.2, -0.15) is 11.8 Å². The van der Waals surface area contributed by atoms with Gasteiger partial charge in [-0.1, -0.05) is 18.9 Å². The summed E-state index contributed by atoms with van der Waals surface area (Å²) in [5, 5.41) is 4.37. The molecule has 1 aromatic rings. The Hall–Kier alpha value is -0.830. The first-order valence-corrected chi connectivity index (χ1v) is 7.23. The number of nitrogens with one attached hydrogen (secondary N) is 1. The fraction of sp³-hybridized carbons (Fsp3) is 0.538. The quantitative estimate of drug-likeness (QED) is 0.790. The van der Waals surface area contributed by atoms with Crippen molar-refractivity contribution in [3.63, 3.8) is 0 Å². The van der Waals surface area contributed by atoms with Crippen LogP contribution < -0.4 is 11.1 Å². The van der Waals surface area contributed by atoms with Gasteiger partial charge < -0.3 is 11.1 Å². The molecule has 2 nitrogen and oxygen atoms in total. The van der Waals surface area contributed by atoms with Gasteiger partial charge in [-0.25, -0.2) is 0 Å². The lowest BCUT2D eigenvalue weighted by molar-refractivity contribution is 0.475. The lowest BCUT2D eigenvalue weighted by atomic mass is 9.94. The van der Waals surface area contributed by atoms with Crippen molar-refractivity contribution in [2.75, 3.05) is 17.3 Å². The Morgan fingerprint density at radius 1 is 1.31 bits per heavy atom. The van der Waals surface area contributed by atoms with E-state index in [1.54, 1.807) is 0 Å². The summed E-state index contributed by atoms with van der Waals surface area (Å²) in [6.45, 7) is 0. The minimum absolute atomic E-state index is 0.602. The molecule has 0 saturated heterocycles. The van der Waals surface area contributed by atoms with Crippen molar-refractivity contribution in [1.29, 1.82) is 0 Å². The van der Waals surface area contributed by atoms with Crippen LogP contribution in [0.5, 0.6) is 0 Å². The van der Waals surface area contributed by atoms with Gasteiger partial charge in [-0.15, -0.1) is 0 Å². The third-order valence-electron chi connectivity index (χ3n) is 3.24. The molecule has 2 atom stereocenters. The molecule has 0 amide bonds. The number of hydrogen-bond acceptors (Lipinski definition) is 3. The number of nitrogens with two attached hydrogens (primary N) is 1. The smallest absolute Gasteiger partial charge is 0.0379 e. The van der Waals surface area contributed by atoms with Gasteiger partial charge in [0.2, 0.25) is 0 Å². The van der Waals surface area contributed by atoms with E-state index in [1.807, 2.05) is 30.0 Å². The van der Waals surface area contributed by atoms with Gasteiger partial charge in [0.05, 0.1) is 0 Å². The minimum Gasteiger partial charge on any atom is -0.399 e. The minimum atomic E-state index is 0.602. The Balaban J connectivity index is 2.02. The van der Waals surface area contributed by atoms with E-state index >= 15 is 0 Å². The van der Waals surface area contributed by atoms with Crippen LogP contribution in [0.4, 0.5) is 11.4 Å². The molecule has 0 bridgehead atoms. The number of benzene rings is 1. The van der Waals surface area contributed by atoms with Gasteiger partial charge >= 0.3 is 0 Å². The van der Waals surface area contributed by atoms with Gasteiger partial charge in [0.1, 0.15) is 0 Å². The largest absolute Gasteiger partial charge is 0.399 e. The molecule has 88 valence electrons. The zero-order valence-electron chi connectivity index (χ0n) is 9.78. The Labute approximate surface area is 102 Å². The van der Waals surface area contributed by atoms with Crippen LogP contribution in [0.15, 0.2) is 24.3 Å². The highest BCUT2D eigenvalue weighted by Gasteiger charge is 2.23. The number of rotatable bonds is 3. The van der Waals surface area contributed by atoms with Gasteiger partial charge in [-0.05, 0) is 37.3 Å². The van der Waals surface area contributed by atoms with Crippen LogP contribution in [0.1, 0.15) is 25.7 Å². The normalized spacial score (nSPS) is 25.3. The Bertz CT molecular complexity index is 340. The fourth-order valence-electron chi connectivity index (χ4n) is 2.39. The topological polar surface area (TPSA) is 38.0 Å². The van der Waals surface area contributed by atoms with E-state index < -0.39 is 0 Å². The van der Waals surface area contributed by atoms with E-state index in [4.69, 9.17) is 5.73 Å². The van der Waals surface area contributed by atoms with E-state index in [-0.39, 0.29) is 0 Å². The van der Waals surface area contributed by atoms with E-state index in [1.165, 1.54) is 25.7 Å². The molecule has 1 fully saturated rings. The third kappa shape index (κ3) is 2.85. The second-order valence-corrected chi connectivity index (χ2v) is 5.51. The molecule has 2 unspecified atom stereocenters. The molecule has 0 spiro atoms. The Kier molecular flexibility index (Phi) is 3.99. The van der Waals surface area contributed by atoms with Crippen molar-refractivity contribution in [2.45, 2.75) is 37.0 Å². The number of nitrogen functional groups attached to an aromatic ring is 1. The molecule has 0 radical (unpaired) electrons. The van der Waals surface area contributed by atoms with Gasteiger partial charge in [-0.3, -0.25) is 0 Å². The molecule has 0 heterocycles. The van der Waals surface area contributed by atoms with Crippen LogP contribution in [0.25, 0.3) is 0 Å². The maximum atomic E-state index is 5.79. The highest BCUT2D eigenvalue weighted by Crippen LogP contribution is 2.29. The molecular formula is C13H20N2S. The fourth-order valence-corrected chi connectivity index (χ4v) is 3.32. The van der Waals surface area contributed by atoms with E-state index in [0.29, 0.717) is 6.04 Å². The summed E-state index contributed by atoms with van der Waals surface area (Å²) >= 11 is 1.98. The number of anilines is 2. The number of hydrogen-bond donors (Lipinski definition) is 2. The summed E-state index contributed by atoms with van der Waals surface area (Å²) in [4.78, 5) is 0. The summed E-state index contributed by atoms with van der Waals surface area (Å²) in [6.07, 6.45) is 7.54. The highest BCUT2D eigenvalue weighted by molar-refractivity contribution is 7.99. The lowest BCUT2D eigenvalue weighted by Crippen LogP contribution is -2.34. The summed E-state index contributed by atoms with van der Waals surface area (Å²) in [5.41, 5.74) is 7.78. The first kappa shape index (κ1) is 11.6. The van der Waals surface area contributed by atoms with Crippen molar-refractivity contribution in [2.24, 2.45) is 0 Å². The van der Waals surface area contributed by atoms with Crippen molar-refractivity contribution < 1.29 is 0 Å². The molecule has 3 heteroatoms. The molecule has 1 aliphatic rings. The van der Waals surface area contributed by atoms with E-state index in [0.717, 1.165) is 16.6 Å². The second kappa shape index (κ2) is 5.48. The third-order valence-corrected chi connectivity index (χ3v) is 4.41. The van der Waals surface area contributed by atoms with Gasteiger partial charge in [0.15, 0.2) is 0 Å². The standard InChI is InChI=1S/C13H20N2S/c1-16-13-8-3-2-7-12(13)15-11-6-4-5-10(14)9-11/h4-6,9,12-13,15H,2-3,7-8,14H2,1H3. The first-order valence-electron chi connectivity index (χ1n) is 5.94. The predicted molar refractivity (Wildman–Crippen MR) is 74.0 cm³/mol.